The van der Waals surface area contributed by atoms with E-state index in [1.165, 1.54) is 0 Å². The Labute approximate surface area is 125 Å². The molecule has 2 N–H and O–H groups in total. The molecule has 0 aromatic heterocycles. The molecule has 0 aliphatic rings. The fourth-order valence-corrected chi connectivity index (χ4v) is 1.37. The first-order valence-electron chi connectivity index (χ1n) is 6.74. The van der Waals surface area contributed by atoms with E-state index in [1.807, 2.05) is 31.2 Å². The third kappa shape index (κ3) is 8.16. The zero-order chi connectivity index (χ0) is 15.9. The molecular formula is C15H23NO5. The molecule has 21 heavy (non-hydrogen) atoms. The van der Waals surface area contributed by atoms with Crippen LogP contribution < -0.4 is 10.2 Å². The van der Waals surface area contributed by atoms with Gasteiger partial charge in [-0.05, 0) is 39.8 Å². The second kappa shape index (κ2) is 7.85. The van der Waals surface area contributed by atoms with E-state index in [9.17, 15) is 9.90 Å². The summed E-state index contributed by atoms with van der Waals surface area (Å²) in [5, 5.41) is 9.67. The van der Waals surface area contributed by atoms with Gasteiger partial charge in [-0.15, -0.1) is 0 Å². The van der Waals surface area contributed by atoms with Crippen molar-refractivity contribution in [1.29, 1.82) is 0 Å². The summed E-state index contributed by atoms with van der Waals surface area (Å²) in [5.74, 6) is 0.666. The van der Waals surface area contributed by atoms with E-state index in [0.29, 0.717) is 5.75 Å². The second-order valence-corrected chi connectivity index (χ2v) is 5.69. The van der Waals surface area contributed by atoms with Crippen LogP contribution in [-0.4, -0.2) is 36.1 Å². The summed E-state index contributed by atoms with van der Waals surface area (Å²) in [6, 6.07) is 7.48. The second-order valence-electron chi connectivity index (χ2n) is 5.69. The van der Waals surface area contributed by atoms with E-state index < -0.39 is 17.8 Å². The van der Waals surface area contributed by atoms with Gasteiger partial charge in [-0.25, -0.2) is 4.79 Å². The van der Waals surface area contributed by atoms with E-state index in [0.717, 1.165) is 5.56 Å². The summed E-state index contributed by atoms with van der Waals surface area (Å²) in [5.41, 5.74) is 2.63. The Morgan fingerprint density at radius 2 is 1.86 bits per heavy atom. The van der Waals surface area contributed by atoms with Crippen molar-refractivity contribution in [2.45, 2.75) is 39.4 Å². The number of amides is 1. The lowest BCUT2D eigenvalue weighted by Gasteiger charge is -2.19. The number of ether oxygens (including phenoxy) is 2. The van der Waals surface area contributed by atoms with Crippen LogP contribution in [0.1, 0.15) is 26.3 Å². The molecule has 0 saturated carbocycles. The van der Waals surface area contributed by atoms with Crippen LogP contribution in [0.15, 0.2) is 24.3 Å². The van der Waals surface area contributed by atoms with Crippen molar-refractivity contribution in [2.24, 2.45) is 0 Å². The quantitative estimate of drug-likeness (QED) is 0.787. The Kier molecular flexibility index (Phi) is 6.45. The molecule has 6 nitrogen and oxygen atoms in total. The Bertz CT molecular complexity index is 438. The van der Waals surface area contributed by atoms with Gasteiger partial charge in [-0.2, -0.15) is 5.48 Å². The van der Waals surface area contributed by atoms with Crippen LogP contribution in [0.25, 0.3) is 0 Å². The monoisotopic (exact) mass is 297 g/mol. The van der Waals surface area contributed by atoms with E-state index in [2.05, 4.69) is 5.48 Å². The van der Waals surface area contributed by atoms with Crippen molar-refractivity contribution in [3.63, 3.8) is 0 Å². The maximum absolute atomic E-state index is 11.3. The molecule has 6 heteroatoms. The van der Waals surface area contributed by atoms with Gasteiger partial charge in [-0.3, -0.25) is 4.84 Å². The molecule has 0 spiro atoms. The first-order chi connectivity index (χ1) is 9.76. The SMILES string of the molecule is Cc1ccc(OCC(O)CONC(=O)OC(C)(C)C)cc1. The fourth-order valence-electron chi connectivity index (χ4n) is 1.37. The number of benzene rings is 1. The highest BCUT2D eigenvalue weighted by Crippen LogP contribution is 2.11. The summed E-state index contributed by atoms with van der Waals surface area (Å²) in [6.45, 7) is 7.20. The predicted molar refractivity (Wildman–Crippen MR) is 78.0 cm³/mol. The number of carbonyl (C=O) groups is 1. The summed E-state index contributed by atoms with van der Waals surface area (Å²) < 4.78 is 10.4. The Morgan fingerprint density at radius 1 is 1.24 bits per heavy atom. The average Bonchev–Trinajstić information content (AvgIpc) is 2.36. The van der Waals surface area contributed by atoms with E-state index in [4.69, 9.17) is 14.3 Å². The number of hydroxylamine groups is 1. The number of aryl methyl sites for hydroxylation is 1. The molecule has 1 aromatic carbocycles. The molecule has 1 atom stereocenters. The van der Waals surface area contributed by atoms with Crippen LogP contribution >= 0.6 is 0 Å². The van der Waals surface area contributed by atoms with Crippen molar-refractivity contribution in [3.05, 3.63) is 29.8 Å². The molecule has 1 aromatic rings. The van der Waals surface area contributed by atoms with Crippen LogP contribution in [0.4, 0.5) is 4.79 Å². The van der Waals surface area contributed by atoms with Crippen LogP contribution in [0.3, 0.4) is 0 Å². The van der Waals surface area contributed by atoms with Gasteiger partial charge in [-0.1, -0.05) is 17.7 Å². The molecule has 0 saturated heterocycles. The Balaban J connectivity index is 2.18. The minimum atomic E-state index is -0.860. The highest BCUT2D eigenvalue weighted by molar-refractivity contribution is 5.66. The van der Waals surface area contributed by atoms with Crippen LogP contribution in [0.5, 0.6) is 5.75 Å². The Morgan fingerprint density at radius 3 is 2.43 bits per heavy atom. The van der Waals surface area contributed by atoms with E-state index in [1.54, 1.807) is 20.8 Å². The van der Waals surface area contributed by atoms with E-state index in [-0.39, 0.29) is 13.2 Å². The number of hydrogen-bond acceptors (Lipinski definition) is 5. The number of carbonyl (C=O) groups excluding carboxylic acids is 1. The number of rotatable bonds is 6. The molecule has 0 aliphatic carbocycles. The summed E-state index contributed by atoms with van der Waals surface area (Å²) in [4.78, 5) is 16.1. The van der Waals surface area contributed by atoms with Gasteiger partial charge in [0, 0.05) is 0 Å². The zero-order valence-corrected chi connectivity index (χ0v) is 12.9. The van der Waals surface area contributed by atoms with Gasteiger partial charge in [0.05, 0.1) is 0 Å². The minimum Gasteiger partial charge on any atom is -0.491 e. The molecule has 118 valence electrons. The van der Waals surface area contributed by atoms with Gasteiger partial charge < -0.3 is 14.6 Å². The molecule has 1 rings (SSSR count). The molecular weight excluding hydrogens is 274 g/mol. The van der Waals surface area contributed by atoms with Gasteiger partial charge >= 0.3 is 6.09 Å². The number of aliphatic hydroxyl groups is 1. The standard InChI is InChI=1S/C15H23NO5/c1-11-5-7-13(8-6-11)19-9-12(17)10-20-16-14(18)21-15(2,3)4/h5-8,12,17H,9-10H2,1-4H3,(H,16,18). The lowest BCUT2D eigenvalue weighted by Crippen LogP contribution is -2.35. The largest absolute Gasteiger partial charge is 0.491 e. The topological polar surface area (TPSA) is 77.0 Å². The average molecular weight is 297 g/mol. The first kappa shape index (κ1) is 17.3. The predicted octanol–water partition coefficient (Wildman–Crippen LogP) is 2.19. The molecule has 0 heterocycles. The molecule has 0 radical (unpaired) electrons. The fraction of sp³-hybridized carbons (Fsp3) is 0.533. The lowest BCUT2D eigenvalue weighted by atomic mass is 10.2. The van der Waals surface area contributed by atoms with Crippen molar-refractivity contribution >= 4 is 6.09 Å². The molecule has 1 unspecified atom stereocenters. The van der Waals surface area contributed by atoms with Crippen LogP contribution in [0, 0.1) is 6.92 Å². The first-order valence-corrected chi connectivity index (χ1v) is 6.74. The maximum atomic E-state index is 11.3. The third-order valence-electron chi connectivity index (χ3n) is 2.29. The summed E-state index contributed by atoms with van der Waals surface area (Å²) in [6.07, 6.45) is -1.56. The third-order valence-corrected chi connectivity index (χ3v) is 2.29. The highest BCUT2D eigenvalue weighted by Gasteiger charge is 2.16. The van der Waals surface area contributed by atoms with Gasteiger partial charge in [0.2, 0.25) is 0 Å². The summed E-state index contributed by atoms with van der Waals surface area (Å²) >= 11 is 0. The molecule has 0 bridgehead atoms. The van der Waals surface area contributed by atoms with Gasteiger partial charge in [0.25, 0.3) is 0 Å². The lowest BCUT2D eigenvalue weighted by molar-refractivity contribution is -0.0444. The summed E-state index contributed by atoms with van der Waals surface area (Å²) in [7, 11) is 0. The van der Waals surface area contributed by atoms with Gasteiger partial charge in [0.15, 0.2) is 0 Å². The molecule has 0 aliphatic heterocycles. The Hall–Kier alpha value is -1.79. The number of aliphatic hydroxyl groups excluding tert-OH is 1. The highest BCUT2D eigenvalue weighted by atomic mass is 16.7. The molecule has 0 fully saturated rings. The normalized spacial score (nSPS) is 12.6. The molecule has 1 amide bonds. The van der Waals surface area contributed by atoms with Crippen LogP contribution in [-0.2, 0) is 9.57 Å². The number of hydrogen-bond donors (Lipinski definition) is 2. The zero-order valence-electron chi connectivity index (χ0n) is 12.9. The van der Waals surface area contributed by atoms with Gasteiger partial charge in [0.1, 0.15) is 30.7 Å². The van der Waals surface area contributed by atoms with E-state index >= 15 is 0 Å². The smallest absolute Gasteiger partial charge is 0.431 e. The maximum Gasteiger partial charge on any atom is 0.431 e. The van der Waals surface area contributed by atoms with Crippen molar-refractivity contribution in [1.82, 2.24) is 5.48 Å². The minimum absolute atomic E-state index is 0.0685. The van der Waals surface area contributed by atoms with Crippen LogP contribution in [0.2, 0.25) is 0 Å². The number of nitrogens with one attached hydrogen (secondary N) is 1. The van der Waals surface area contributed by atoms with Crippen molar-refractivity contribution < 1.29 is 24.2 Å². The van der Waals surface area contributed by atoms with Crippen molar-refractivity contribution in [3.8, 4) is 5.75 Å². The van der Waals surface area contributed by atoms with Crippen molar-refractivity contribution in [2.75, 3.05) is 13.2 Å².